The lowest BCUT2D eigenvalue weighted by Gasteiger charge is -2.14. The Morgan fingerprint density at radius 3 is 2.71 bits per heavy atom. The highest BCUT2D eigenvalue weighted by Crippen LogP contribution is 2.46. The van der Waals surface area contributed by atoms with Crippen LogP contribution >= 0.6 is 11.8 Å². The summed E-state index contributed by atoms with van der Waals surface area (Å²) in [7, 11) is 0. The summed E-state index contributed by atoms with van der Waals surface area (Å²) < 4.78 is 0.353. The van der Waals surface area contributed by atoms with E-state index in [2.05, 4.69) is 11.6 Å². The third-order valence-electron chi connectivity index (χ3n) is 2.82. The third-order valence-corrected chi connectivity index (χ3v) is 4.24. The van der Waals surface area contributed by atoms with Gasteiger partial charge < -0.3 is 11.1 Å². The van der Waals surface area contributed by atoms with Crippen LogP contribution in [-0.2, 0) is 4.79 Å². The average Bonchev–Trinajstić information content (AvgIpc) is 2.95. The van der Waals surface area contributed by atoms with Gasteiger partial charge in [-0.2, -0.15) is 11.8 Å². The van der Waals surface area contributed by atoms with E-state index >= 15 is 0 Å². The van der Waals surface area contributed by atoms with Gasteiger partial charge in [-0.15, -0.1) is 0 Å². The van der Waals surface area contributed by atoms with Gasteiger partial charge >= 0.3 is 0 Å². The number of nitrogens with two attached hydrogens (primary N) is 1. The van der Waals surface area contributed by atoms with Crippen molar-refractivity contribution >= 4 is 17.7 Å². The second-order valence-electron chi connectivity index (χ2n) is 4.04. The van der Waals surface area contributed by atoms with E-state index in [1.54, 1.807) is 0 Å². The Kier molecular flexibility index (Phi) is 4.26. The first kappa shape index (κ1) is 11.9. The molecule has 1 atom stereocenters. The topological polar surface area (TPSA) is 55.1 Å². The molecule has 0 bridgehead atoms. The molecule has 3 N–H and O–H groups in total. The smallest absolute Gasteiger partial charge is 0.221 e. The standard InChI is InChI=1S/C10H20N2OS/c1-3-8(11)6-9(13)12-7-10(14-2)4-5-10/h8H,3-7,11H2,1-2H3,(H,12,13). The van der Waals surface area contributed by atoms with Gasteiger partial charge in [-0.3, -0.25) is 4.79 Å². The Bertz CT molecular complexity index is 204. The lowest BCUT2D eigenvalue weighted by atomic mass is 10.1. The molecule has 1 unspecified atom stereocenters. The van der Waals surface area contributed by atoms with E-state index in [1.807, 2.05) is 18.7 Å². The van der Waals surface area contributed by atoms with E-state index in [9.17, 15) is 4.79 Å². The van der Waals surface area contributed by atoms with E-state index in [0.29, 0.717) is 11.2 Å². The lowest BCUT2D eigenvalue weighted by Crippen LogP contribution is -2.35. The van der Waals surface area contributed by atoms with Gasteiger partial charge in [-0.1, -0.05) is 6.92 Å². The second kappa shape index (κ2) is 5.03. The number of amides is 1. The van der Waals surface area contributed by atoms with Crippen molar-refractivity contribution in [2.45, 2.75) is 43.4 Å². The molecule has 4 heteroatoms. The van der Waals surface area contributed by atoms with Crippen molar-refractivity contribution in [1.82, 2.24) is 5.32 Å². The summed E-state index contributed by atoms with van der Waals surface area (Å²) in [5, 5.41) is 2.96. The summed E-state index contributed by atoms with van der Waals surface area (Å²) in [6, 6.07) is 0.0134. The van der Waals surface area contributed by atoms with Crippen molar-refractivity contribution in [3.8, 4) is 0 Å². The molecule has 0 aromatic rings. The minimum Gasteiger partial charge on any atom is -0.355 e. The van der Waals surface area contributed by atoms with Crippen LogP contribution in [0.25, 0.3) is 0 Å². The number of rotatable bonds is 6. The van der Waals surface area contributed by atoms with Gasteiger partial charge in [0.15, 0.2) is 0 Å². The minimum absolute atomic E-state index is 0.0134. The van der Waals surface area contributed by atoms with Crippen LogP contribution in [0.2, 0.25) is 0 Å². The van der Waals surface area contributed by atoms with Crippen LogP contribution in [0.4, 0.5) is 0 Å². The van der Waals surface area contributed by atoms with E-state index < -0.39 is 0 Å². The van der Waals surface area contributed by atoms with Gasteiger partial charge in [0.2, 0.25) is 5.91 Å². The molecule has 0 saturated heterocycles. The first-order valence-corrected chi connectivity index (χ1v) is 6.42. The van der Waals surface area contributed by atoms with Gasteiger partial charge in [0.1, 0.15) is 0 Å². The van der Waals surface area contributed by atoms with Crippen molar-refractivity contribution in [2.75, 3.05) is 12.8 Å². The first-order valence-electron chi connectivity index (χ1n) is 5.19. The molecular formula is C10H20N2OS. The Hall–Kier alpha value is -0.220. The van der Waals surface area contributed by atoms with E-state index in [-0.39, 0.29) is 11.9 Å². The SMILES string of the molecule is CCC(N)CC(=O)NCC1(SC)CC1. The predicted octanol–water partition coefficient (Wildman–Crippen LogP) is 1.13. The molecule has 82 valence electrons. The number of hydrogen-bond donors (Lipinski definition) is 2. The maximum Gasteiger partial charge on any atom is 0.221 e. The van der Waals surface area contributed by atoms with E-state index in [1.165, 1.54) is 12.8 Å². The summed E-state index contributed by atoms with van der Waals surface area (Å²) in [6.07, 6.45) is 5.89. The molecule has 1 rings (SSSR count). The zero-order valence-electron chi connectivity index (χ0n) is 9.01. The zero-order chi connectivity index (χ0) is 10.6. The molecule has 1 fully saturated rings. The maximum atomic E-state index is 11.4. The maximum absolute atomic E-state index is 11.4. The van der Waals surface area contributed by atoms with Gasteiger partial charge in [-0.25, -0.2) is 0 Å². The summed E-state index contributed by atoms with van der Waals surface area (Å²) >= 11 is 1.86. The Balaban J connectivity index is 2.15. The number of nitrogens with one attached hydrogen (secondary N) is 1. The fraction of sp³-hybridized carbons (Fsp3) is 0.900. The van der Waals surface area contributed by atoms with E-state index in [0.717, 1.165) is 13.0 Å². The highest BCUT2D eigenvalue weighted by atomic mass is 32.2. The Morgan fingerprint density at radius 2 is 2.29 bits per heavy atom. The lowest BCUT2D eigenvalue weighted by molar-refractivity contribution is -0.121. The van der Waals surface area contributed by atoms with Crippen molar-refractivity contribution in [3.05, 3.63) is 0 Å². The summed E-state index contributed by atoms with van der Waals surface area (Å²) in [5.41, 5.74) is 5.70. The molecule has 0 radical (unpaired) electrons. The van der Waals surface area contributed by atoms with Crippen LogP contribution in [0.15, 0.2) is 0 Å². The van der Waals surface area contributed by atoms with Gasteiger partial charge in [0, 0.05) is 23.8 Å². The second-order valence-corrected chi connectivity index (χ2v) is 5.31. The van der Waals surface area contributed by atoms with Gasteiger partial charge in [0.05, 0.1) is 0 Å². The number of carbonyl (C=O) groups is 1. The Morgan fingerprint density at radius 1 is 1.64 bits per heavy atom. The van der Waals surface area contributed by atoms with Crippen LogP contribution in [0.5, 0.6) is 0 Å². The molecular weight excluding hydrogens is 196 g/mol. The molecule has 1 aliphatic rings. The van der Waals surface area contributed by atoms with Crippen LogP contribution < -0.4 is 11.1 Å². The molecule has 0 heterocycles. The molecule has 1 aliphatic carbocycles. The number of carbonyl (C=O) groups excluding carboxylic acids is 1. The fourth-order valence-electron chi connectivity index (χ4n) is 1.31. The Labute approximate surface area is 90.2 Å². The molecule has 0 aromatic heterocycles. The third kappa shape index (κ3) is 3.50. The van der Waals surface area contributed by atoms with Gasteiger partial charge in [-0.05, 0) is 25.5 Å². The van der Waals surface area contributed by atoms with Crippen LogP contribution in [0.1, 0.15) is 32.6 Å². The number of thioether (sulfide) groups is 1. The zero-order valence-corrected chi connectivity index (χ0v) is 9.82. The molecule has 0 aromatic carbocycles. The highest BCUT2D eigenvalue weighted by Gasteiger charge is 2.41. The molecule has 1 saturated carbocycles. The fourth-order valence-corrected chi connectivity index (χ4v) is 2.03. The predicted molar refractivity (Wildman–Crippen MR) is 61.4 cm³/mol. The van der Waals surface area contributed by atoms with Crippen LogP contribution in [-0.4, -0.2) is 29.5 Å². The summed E-state index contributed by atoms with van der Waals surface area (Å²) in [5.74, 6) is 0.0969. The first-order chi connectivity index (χ1) is 6.62. The summed E-state index contributed by atoms with van der Waals surface area (Å²) in [4.78, 5) is 11.4. The van der Waals surface area contributed by atoms with E-state index in [4.69, 9.17) is 5.73 Å². The molecule has 0 spiro atoms. The average molecular weight is 216 g/mol. The molecule has 14 heavy (non-hydrogen) atoms. The van der Waals surface area contributed by atoms with Crippen LogP contribution in [0, 0.1) is 0 Å². The van der Waals surface area contributed by atoms with Crippen LogP contribution in [0.3, 0.4) is 0 Å². The molecule has 0 aliphatic heterocycles. The van der Waals surface area contributed by atoms with Crippen molar-refractivity contribution in [2.24, 2.45) is 5.73 Å². The van der Waals surface area contributed by atoms with Crippen molar-refractivity contribution in [3.63, 3.8) is 0 Å². The molecule has 3 nitrogen and oxygen atoms in total. The van der Waals surface area contributed by atoms with Crippen molar-refractivity contribution in [1.29, 1.82) is 0 Å². The summed E-state index contributed by atoms with van der Waals surface area (Å²) in [6.45, 7) is 2.81. The van der Waals surface area contributed by atoms with Gasteiger partial charge in [0.25, 0.3) is 0 Å². The largest absolute Gasteiger partial charge is 0.355 e. The normalized spacial score (nSPS) is 20.2. The van der Waals surface area contributed by atoms with Crippen molar-refractivity contribution < 1.29 is 4.79 Å². The highest BCUT2D eigenvalue weighted by molar-refractivity contribution is 8.00. The quantitative estimate of drug-likeness (QED) is 0.699. The minimum atomic E-state index is 0.0134. The molecule has 1 amide bonds. The monoisotopic (exact) mass is 216 g/mol. The number of hydrogen-bond acceptors (Lipinski definition) is 3.